The highest BCUT2D eigenvalue weighted by atomic mass is 79.9. The van der Waals surface area contributed by atoms with Crippen LogP contribution in [0.1, 0.15) is 0 Å². The van der Waals surface area contributed by atoms with E-state index in [-0.39, 0.29) is 5.15 Å². The largest absolute Gasteiger partial charge is 0.618 e. The Bertz CT molecular complexity index is 228. The van der Waals surface area contributed by atoms with Crippen LogP contribution in [0.2, 0.25) is 5.15 Å². The van der Waals surface area contributed by atoms with Gasteiger partial charge < -0.3 is 5.21 Å². The van der Waals surface area contributed by atoms with E-state index in [2.05, 4.69) is 15.9 Å². The van der Waals surface area contributed by atoms with Gasteiger partial charge in [0, 0.05) is 6.07 Å². The van der Waals surface area contributed by atoms with E-state index in [4.69, 9.17) is 11.6 Å². The molecule has 0 saturated carbocycles. The monoisotopic (exact) mass is 207 g/mol. The second-order valence-corrected chi connectivity index (χ2v) is 2.80. The molecule has 9 heavy (non-hydrogen) atoms. The molecule has 4 heteroatoms. The maximum Gasteiger partial charge on any atom is 0.286 e. The molecular weight excluding hydrogens is 205 g/mol. The molecule has 0 aliphatic heterocycles. The smallest absolute Gasteiger partial charge is 0.286 e. The van der Waals surface area contributed by atoms with Crippen molar-refractivity contribution in [1.29, 1.82) is 0 Å². The van der Waals surface area contributed by atoms with Crippen LogP contribution in [0.25, 0.3) is 0 Å². The maximum absolute atomic E-state index is 10.6. The first-order valence-corrected chi connectivity index (χ1v) is 3.41. The van der Waals surface area contributed by atoms with Crippen LogP contribution in [-0.2, 0) is 0 Å². The third-order valence-corrected chi connectivity index (χ3v) is 1.59. The fourth-order valence-electron chi connectivity index (χ4n) is 0.439. The molecule has 0 saturated heterocycles. The molecule has 0 spiro atoms. The lowest BCUT2D eigenvalue weighted by Gasteiger charge is -1.95. The minimum Gasteiger partial charge on any atom is -0.618 e. The van der Waals surface area contributed by atoms with Gasteiger partial charge in [-0.2, -0.15) is 4.73 Å². The first kappa shape index (κ1) is 6.83. The Balaban J connectivity index is 3.17. The van der Waals surface area contributed by atoms with Crippen molar-refractivity contribution < 1.29 is 4.73 Å². The van der Waals surface area contributed by atoms with Crippen LogP contribution >= 0.6 is 27.5 Å². The van der Waals surface area contributed by atoms with E-state index in [1.807, 2.05) is 0 Å². The Morgan fingerprint density at radius 1 is 1.56 bits per heavy atom. The summed E-state index contributed by atoms with van der Waals surface area (Å²) in [6, 6.07) is 3.23. The van der Waals surface area contributed by atoms with Gasteiger partial charge in [0.25, 0.3) is 5.15 Å². The molecule has 0 radical (unpaired) electrons. The summed E-state index contributed by atoms with van der Waals surface area (Å²) in [5.74, 6) is 0. The number of pyridine rings is 1. The highest BCUT2D eigenvalue weighted by molar-refractivity contribution is 9.10. The van der Waals surface area contributed by atoms with Crippen molar-refractivity contribution in [3.05, 3.63) is 33.2 Å². The molecule has 1 rings (SSSR count). The van der Waals surface area contributed by atoms with E-state index < -0.39 is 0 Å². The highest BCUT2D eigenvalue weighted by Gasteiger charge is 1.98. The van der Waals surface area contributed by atoms with Gasteiger partial charge in [0.05, 0.1) is 4.47 Å². The maximum atomic E-state index is 10.6. The topological polar surface area (TPSA) is 26.9 Å². The average Bonchev–Trinajstić information content (AvgIpc) is 1.80. The predicted molar refractivity (Wildman–Crippen MR) is 38.1 cm³/mol. The van der Waals surface area contributed by atoms with Gasteiger partial charge in [-0.3, -0.25) is 0 Å². The molecule has 0 bridgehead atoms. The SMILES string of the molecule is [O-][n+]1cc(Br)ccc1Cl. The Morgan fingerprint density at radius 2 is 2.22 bits per heavy atom. The second kappa shape index (κ2) is 2.54. The molecule has 0 aromatic carbocycles. The van der Waals surface area contributed by atoms with Crippen LogP contribution in [0, 0.1) is 5.21 Å². The number of halogens is 2. The van der Waals surface area contributed by atoms with Crippen LogP contribution in [-0.4, -0.2) is 0 Å². The third kappa shape index (κ3) is 1.56. The number of hydrogen-bond donors (Lipinski definition) is 0. The Morgan fingerprint density at radius 3 is 2.67 bits per heavy atom. The Kier molecular flexibility index (Phi) is 1.93. The zero-order valence-corrected chi connectivity index (χ0v) is 6.69. The molecule has 1 aromatic rings. The Hall–Kier alpha value is -0.280. The molecule has 0 N–H and O–H groups in total. The Labute approximate surface area is 65.8 Å². The van der Waals surface area contributed by atoms with Gasteiger partial charge in [-0.25, -0.2) is 0 Å². The first-order valence-electron chi connectivity index (χ1n) is 2.24. The molecule has 48 valence electrons. The van der Waals surface area contributed by atoms with Gasteiger partial charge in [0.15, 0.2) is 6.20 Å². The number of nitrogens with zero attached hydrogens (tertiary/aromatic N) is 1. The lowest BCUT2D eigenvalue weighted by molar-refractivity contribution is -0.603. The number of rotatable bonds is 0. The van der Waals surface area contributed by atoms with Crippen molar-refractivity contribution in [1.82, 2.24) is 0 Å². The average molecular weight is 208 g/mol. The molecule has 1 heterocycles. The fraction of sp³-hybridized carbons (Fsp3) is 0. The van der Waals surface area contributed by atoms with Crippen LogP contribution in [0.4, 0.5) is 0 Å². The molecule has 0 aliphatic rings. The van der Waals surface area contributed by atoms with Crippen LogP contribution < -0.4 is 4.73 Å². The van der Waals surface area contributed by atoms with E-state index in [9.17, 15) is 5.21 Å². The lowest BCUT2D eigenvalue weighted by Crippen LogP contribution is -2.26. The minimum absolute atomic E-state index is 0.179. The third-order valence-electron chi connectivity index (χ3n) is 0.831. The molecule has 0 aliphatic carbocycles. The molecule has 0 amide bonds. The summed E-state index contributed by atoms with van der Waals surface area (Å²) in [5.41, 5.74) is 0. The van der Waals surface area contributed by atoms with E-state index >= 15 is 0 Å². The predicted octanol–water partition coefficient (Wildman–Crippen LogP) is 1.74. The second-order valence-electron chi connectivity index (χ2n) is 1.50. The fourth-order valence-corrected chi connectivity index (χ4v) is 0.868. The molecule has 0 unspecified atom stereocenters. The number of aromatic nitrogens is 1. The van der Waals surface area contributed by atoms with Crippen LogP contribution in [0.3, 0.4) is 0 Å². The minimum atomic E-state index is 0.179. The number of hydrogen-bond acceptors (Lipinski definition) is 1. The van der Waals surface area contributed by atoms with Gasteiger partial charge in [-0.05, 0) is 33.6 Å². The summed E-state index contributed by atoms with van der Waals surface area (Å²) < 4.78 is 1.31. The van der Waals surface area contributed by atoms with Gasteiger partial charge in [0.2, 0.25) is 0 Å². The van der Waals surface area contributed by atoms with Crippen molar-refractivity contribution in [2.75, 3.05) is 0 Å². The standard InChI is InChI=1S/C5H3BrClNO/c6-4-1-2-5(7)8(9)3-4/h1-3H. The normalized spacial score (nSPS) is 9.56. The van der Waals surface area contributed by atoms with Crippen LogP contribution in [0.15, 0.2) is 22.8 Å². The summed E-state index contributed by atoms with van der Waals surface area (Å²) in [4.78, 5) is 0. The van der Waals surface area contributed by atoms with Crippen molar-refractivity contribution in [3.63, 3.8) is 0 Å². The summed E-state index contributed by atoms with van der Waals surface area (Å²) >= 11 is 8.53. The van der Waals surface area contributed by atoms with Crippen LogP contribution in [0.5, 0.6) is 0 Å². The van der Waals surface area contributed by atoms with Crippen molar-refractivity contribution in [3.8, 4) is 0 Å². The zero-order valence-electron chi connectivity index (χ0n) is 4.34. The molecule has 0 fully saturated rings. The highest BCUT2D eigenvalue weighted by Crippen LogP contribution is 2.08. The summed E-state index contributed by atoms with van der Waals surface area (Å²) in [6.07, 6.45) is 1.35. The molecule has 1 aromatic heterocycles. The molecule has 2 nitrogen and oxygen atoms in total. The van der Waals surface area contributed by atoms with Gasteiger partial charge >= 0.3 is 0 Å². The summed E-state index contributed by atoms with van der Waals surface area (Å²) in [5, 5.41) is 10.8. The van der Waals surface area contributed by atoms with E-state index in [0.29, 0.717) is 4.73 Å². The van der Waals surface area contributed by atoms with Crippen molar-refractivity contribution in [2.45, 2.75) is 0 Å². The van der Waals surface area contributed by atoms with Gasteiger partial charge in [-0.1, -0.05) is 0 Å². The van der Waals surface area contributed by atoms with E-state index in [1.165, 1.54) is 12.3 Å². The van der Waals surface area contributed by atoms with Gasteiger partial charge in [0.1, 0.15) is 0 Å². The quantitative estimate of drug-likeness (QED) is 0.362. The van der Waals surface area contributed by atoms with E-state index in [1.54, 1.807) is 6.07 Å². The summed E-state index contributed by atoms with van der Waals surface area (Å²) in [7, 11) is 0. The first-order chi connectivity index (χ1) is 4.20. The zero-order chi connectivity index (χ0) is 6.85. The van der Waals surface area contributed by atoms with Crippen molar-refractivity contribution in [2.24, 2.45) is 0 Å². The molecular formula is C5H3BrClNO. The van der Waals surface area contributed by atoms with Crippen molar-refractivity contribution >= 4 is 27.5 Å². The van der Waals surface area contributed by atoms with Gasteiger partial charge in [-0.15, -0.1) is 0 Å². The lowest BCUT2D eigenvalue weighted by atomic mass is 10.5. The molecule has 0 atom stereocenters. The van der Waals surface area contributed by atoms with E-state index in [0.717, 1.165) is 4.47 Å². The summed E-state index contributed by atoms with van der Waals surface area (Å²) in [6.45, 7) is 0.